The van der Waals surface area contributed by atoms with Gasteiger partial charge in [-0.15, -0.1) is 0 Å². The van der Waals surface area contributed by atoms with Crippen LogP contribution < -0.4 is 5.32 Å². The van der Waals surface area contributed by atoms with Crippen LogP contribution in [0.2, 0.25) is 0 Å². The van der Waals surface area contributed by atoms with Gasteiger partial charge in [-0.2, -0.15) is 11.8 Å². The SMILES string of the molecule is CSC(C)CCNC(=O)C1CC1C(=O)O. The molecule has 0 spiro atoms. The number of hydrogen-bond donors (Lipinski definition) is 2. The van der Waals surface area contributed by atoms with E-state index in [1.165, 1.54) is 0 Å². The van der Waals surface area contributed by atoms with Crippen LogP contribution in [0.5, 0.6) is 0 Å². The molecule has 1 rings (SSSR count). The summed E-state index contributed by atoms with van der Waals surface area (Å²) in [6.45, 7) is 2.75. The van der Waals surface area contributed by atoms with Gasteiger partial charge in [-0.1, -0.05) is 6.92 Å². The van der Waals surface area contributed by atoms with E-state index in [1.54, 1.807) is 11.8 Å². The Morgan fingerprint density at radius 1 is 1.53 bits per heavy atom. The molecule has 0 saturated heterocycles. The minimum Gasteiger partial charge on any atom is -0.481 e. The van der Waals surface area contributed by atoms with E-state index < -0.39 is 11.9 Å². The van der Waals surface area contributed by atoms with Gasteiger partial charge >= 0.3 is 5.97 Å². The maximum Gasteiger partial charge on any atom is 0.307 e. The molecule has 86 valence electrons. The molecule has 3 unspecified atom stereocenters. The molecule has 2 N–H and O–H groups in total. The minimum atomic E-state index is -0.854. The first-order chi connectivity index (χ1) is 7.06. The second-order valence-electron chi connectivity index (χ2n) is 3.91. The molecule has 0 bridgehead atoms. The third kappa shape index (κ3) is 3.74. The number of carbonyl (C=O) groups excluding carboxylic acids is 1. The van der Waals surface area contributed by atoms with E-state index in [-0.39, 0.29) is 11.8 Å². The Kier molecular flexibility index (Phi) is 4.45. The highest BCUT2D eigenvalue weighted by Gasteiger charge is 2.48. The zero-order valence-corrected chi connectivity index (χ0v) is 9.84. The molecule has 0 radical (unpaired) electrons. The number of amides is 1. The van der Waals surface area contributed by atoms with Crippen LogP contribution in [0, 0.1) is 11.8 Å². The summed E-state index contributed by atoms with van der Waals surface area (Å²) < 4.78 is 0. The van der Waals surface area contributed by atoms with Gasteiger partial charge in [0.05, 0.1) is 11.8 Å². The Labute approximate surface area is 93.8 Å². The number of rotatable bonds is 6. The highest BCUT2D eigenvalue weighted by Crippen LogP contribution is 2.38. The molecular formula is C10H17NO3S. The van der Waals surface area contributed by atoms with Crippen molar-refractivity contribution in [2.75, 3.05) is 12.8 Å². The molecule has 1 fully saturated rings. The van der Waals surface area contributed by atoms with Crippen LogP contribution in [-0.2, 0) is 9.59 Å². The van der Waals surface area contributed by atoms with Gasteiger partial charge in [0, 0.05) is 11.8 Å². The fourth-order valence-corrected chi connectivity index (χ4v) is 1.76. The van der Waals surface area contributed by atoms with Crippen molar-refractivity contribution in [3.8, 4) is 0 Å². The van der Waals surface area contributed by atoms with Crippen LogP contribution in [-0.4, -0.2) is 35.0 Å². The normalized spacial score (nSPS) is 25.7. The van der Waals surface area contributed by atoms with E-state index in [2.05, 4.69) is 12.2 Å². The van der Waals surface area contributed by atoms with E-state index in [0.29, 0.717) is 18.2 Å². The number of aliphatic carboxylic acids is 1. The van der Waals surface area contributed by atoms with Gasteiger partial charge in [0.25, 0.3) is 0 Å². The molecule has 0 aromatic carbocycles. The fourth-order valence-electron chi connectivity index (χ4n) is 1.41. The highest BCUT2D eigenvalue weighted by atomic mass is 32.2. The number of carbonyl (C=O) groups is 2. The first-order valence-electron chi connectivity index (χ1n) is 5.09. The number of carboxylic acids is 1. The van der Waals surface area contributed by atoms with Gasteiger partial charge in [-0.05, 0) is 19.1 Å². The summed E-state index contributed by atoms with van der Waals surface area (Å²) in [6.07, 6.45) is 3.46. The largest absolute Gasteiger partial charge is 0.481 e. The smallest absolute Gasteiger partial charge is 0.307 e. The number of carboxylic acid groups (broad SMARTS) is 1. The average molecular weight is 231 g/mol. The standard InChI is InChI=1S/C10H17NO3S/c1-6(15-2)3-4-11-9(12)7-5-8(7)10(13)14/h6-8H,3-5H2,1-2H3,(H,11,12)(H,13,14). The Hall–Kier alpha value is -0.710. The lowest BCUT2D eigenvalue weighted by atomic mass is 10.3. The molecule has 1 aliphatic carbocycles. The quantitative estimate of drug-likeness (QED) is 0.714. The zero-order valence-electron chi connectivity index (χ0n) is 9.03. The van der Waals surface area contributed by atoms with Gasteiger partial charge in [-0.3, -0.25) is 9.59 Å². The van der Waals surface area contributed by atoms with Gasteiger partial charge in [-0.25, -0.2) is 0 Å². The zero-order chi connectivity index (χ0) is 11.4. The second-order valence-corrected chi connectivity index (χ2v) is 5.19. The lowest BCUT2D eigenvalue weighted by Crippen LogP contribution is -2.28. The Bertz CT molecular complexity index is 257. The number of thioether (sulfide) groups is 1. The molecule has 0 aliphatic heterocycles. The Morgan fingerprint density at radius 2 is 2.20 bits per heavy atom. The van der Waals surface area contributed by atoms with Crippen LogP contribution >= 0.6 is 11.8 Å². The molecule has 5 heteroatoms. The van der Waals surface area contributed by atoms with Gasteiger partial charge in [0.1, 0.15) is 0 Å². The van der Waals surface area contributed by atoms with E-state index >= 15 is 0 Å². The fraction of sp³-hybridized carbons (Fsp3) is 0.800. The van der Waals surface area contributed by atoms with Gasteiger partial charge < -0.3 is 10.4 Å². The van der Waals surface area contributed by atoms with Crippen LogP contribution in [0.4, 0.5) is 0 Å². The van der Waals surface area contributed by atoms with E-state index in [0.717, 1.165) is 6.42 Å². The van der Waals surface area contributed by atoms with Crippen molar-refractivity contribution in [1.82, 2.24) is 5.32 Å². The average Bonchev–Trinajstić information content (AvgIpc) is 2.96. The van der Waals surface area contributed by atoms with E-state index in [1.807, 2.05) is 6.26 Å². The lowest BCUT2D eigenvalue weighted by Gasteiger charge is -2.08. The summed E-state index contributed by atoms with van der Waals surface area (Å²) in [6, 6.07) is 0. The van der Waals surface area contributed by atoms with E-state index in [4.69, 9.17) is 5.11 Å². The highest BCUT2D eigenvalue weighted by molar-refractivity contribution is 7.99. The molecule has 1 aliphatic rings. The first kappa shape index (κ1) is 12.4. The molecule has 15 heavy (non-hydrogen) atoms. The van der Waals surface area contributed by atoms with Gasteiger partial charge in [0.15, 0.2) is 0 Å². The molecular weight excluding hydrogens is 214 g/mol. The number of hydrogen-bond acceptors (Lipinski definition) is 3. The van der Waals surface area contributed by atoms with Gasteiger partial charge in [0.2, 0.25) is 5.91 Å². The monoisotopic (exact) mass is 231 g/mol. The van der Waals surface area contributed by atoms with Crippen LogP contribution in [0.1, 0.15) is 19.8 Å². The summed E-state index contributed by atoms with van der Waals surface area (Å²) >= 11 is 1.76. The Balaban J connectivity index is 2.13. The van der Waals surface area contributed by atoms with Crippen LogP contribution in [0.25, 0.3) is 0 Å². The topological polar surface area (TPSA) is 66.4 Å². The number of nitrogens with one attached hydrogen (secondary N) is 1. The molecule has 1 amide bonds. The van der Waals surface area contributed by atoms with E-state index in [9.17, 15) is 9.59 Å². The summed E-state index contributed by atoms with van der Waals surface area (Å²) in [5, 5.41) is 11.9. The second kappa shape index (κ2) is 5.39. The predicted octanol–water partition coefficient (Wildman–Crippen LogP) is 0.965. The third-order valence-corrected chi connectivity index (χ3v) is 3.74. The van der Waals surface area contributed by atoms with Crippen molar-refractivity contribution >= 4 is 23.6 Å². The van der Waals surface area contributed by atoms with Crippen molar-refractivity contribution in [3.63, 3.8) is 0 Å². The van der Waals surface area contributed by atoms with Crippen molar-refractivity contribution in [2.24, 2.45) is 11.8 Å². The van der Waals surface area contributed by atoms with Crippen molar-refractivity contribution in [2.45, 2.75) is 25.0 Å². The van der Waals surface area contributed by atoms with Crippen molar-refractivity contribution in [1.29, 1.82) is 0 Å². The maximum atomic E-state index is 11.4. The molecule has 0 aromatic heterocycles. The Morgan fingerprint density at radius 3 is 2.67 bits per heavy atom. The summed E-state index contributed by atoms with van der Waals surface area (Å²) in [4.78, 5) is 21.9. The van der Waals surface area contributed by atoms with Crippen molar-refractivity contribution < 1.29 is 14.7 Å². The van der Waals surface area contributed by atoms with Crippen molar-refractivity contribution in [3.05, 3.63) is 0 Å². The summed E-state index contributed by atoms with van der Waals surface area (Å²) in [5.74, 6) is -1.68. The molecule has 0 heterocycles. The summed E-state index contributed by atoms with van der Waals surface area (Å²) in [7, 11) is 0. The maximum absolute atomic E-state index is 11.4. The first-order valence-corrected chi connectivity index (χ1v) is 6.38. The third-order valence-electron chi connectivity index (χ3n) is 2.70. The molecule has 4 nitrogen and oxygen atoms in total. The van der Waals surface area contributed by atoms with Crippen LogP contribution in [0.15, 0.2) is 0 Å². The molecule has 3 atom stereocenters. The summed E-state index contributed by atoms with van der Waals surface area (Å²) in [5.41, 5.74) is 0. The predicted molar refractivity (Wildman–Crippen MR) is 59.8 cm³/mol. The minimum absolute atomic E-state index is 0.101. The lowest BCUT2D eigenvalue weighted by molar-refractivity contribution is -0.140. The molecule has 0 aromatic rings. The molecule has 1 saturated carbocycles. The van der Waals surface area contributed by atoms with Crippen LogP contribution in [0.3, 0.4) is 0 Å².